The lowest BCUT2D eigenvalue weighted by atomic mass is 9.98. The van der Waals surface area contributed by atoms with Crippen molar-refractivity contribution in [2.75, 3.05) is 13.2 Å². The Morgan fingerprint density at radius 1 is 0.466 bits per heavy atom. The number of allylic oxidation sites excluding steroid dienone is 10. The summed E-state index contributed by atoms with van der Waals surface area (Å²) in [7, 11) is 0. The third-order valence-corrected chi connectivity index (χ3v) is 13.1. The topological polar surface area (TPSA) is 175 Å². The van der Waals surface area contributed by atoms with Gasteiger partial charge in [-0.05, 0) is 77.0 Å². The molecule has 12 nitrogen and oxygen atoms in total. The molecular formula is C61H104O12. The average molecular weight is 1030 g/mol. The van der Waals surface area contributed by atoms with E-state index < -0.39 is 67.3 Å². The molecule has 0 spiro atoms. The van der Waals surface area contributed by atoms with Crippen molar-refractivity contribution in [2.24, 2.45) is 0 Å². The smallest absolute Gasteiger partial charge is 0.335 e. The zero-order chi connectivity index (χ0) is 53.3. The number of carboxylic acid groups (broad SMARTS) is 1. The second-order valence-corrected chi connectivity index (χ2v) is 19.9. The van der Waals surface area contributed by atoms with E-state index in [1.54, 1.807) is 0 Å². The first kappa shape index (κ1) is 67.4. The first-order valence-corrected chi connectivity index (χ1v) is 29.3. The van der Waals surface area contributed by atoms with Crippen LogP contribution in [-0.4, -0.2) is 89.2 Å². The van der Waals surface area contributed by atoms with Gasteiger partial charge in [0.05, 0.1) is 6.61 Å². The number of hydrogen-bond donors (Lipinski definition) is 3. The number of carbonyl (C=O) groups is 4. The highest BCUT2D eigenvalue weighted by molar-refractivity contribution is 5.74. The number of hydrogen-bond acceptors (Lipinski definition) is 11. The average Bonchev–Trinajstić information content (AvgIpc) is 3.37. The van der Waals surface area contributed by atoms with Gasteiger partial charge >= 0.3 is 23.9 Å². The van der Waals surface area contributed by atoms with E-state index in [1.165, 1.54) is 70.6 Å². The molecule has 0 amide bonds. The summed E-state index contributed by atoms with van der Waals surface area (Å²) < 4.78 is 28.4. The number of carboxylic acids is 1. The van der Waals surface area contributed by atoms with Gasteiger partial charge in [-0.3, -0.25) is 14.4 Å². The molecule has 1 heterocycles. The Kier molecular flexibility index (Phi) is 45.5. The highest BCUT2D eigenvalue weighted by atomic mass is 16.7. The molecule has 0 aromatic heterocycles. The molecule has 73 heavy (non-hydrogen) atoms. The summed E-state index contributed by atoms with van der Waals surface area (Å²) >= 11 is 0. The van der Waals surface area contributed by atoms with Crippen LogP contribution in [-0.2, 0) is 42.9 Å². The maximum absolute atomic E-state index is 13.1. The summed E-state index contributed by atoms with van der Waals surface area (Å²) in [6, 6.07) is 0. The molecule has 1 saturated heterocycles. The summed E-state index contributed by atoms with van der Waals surface area (Å²) in [4.78, 5) is 51.1. The Morgan fingerprint density at radius 3 is 1.37 bits per heavy atom. The molecule has 0 aromatic carbocycles. The summed E-state index contributed by atoms with van der Waals surface area (Å²) in [5.74, 6) is -3.15. The SMILES string of the molecule is CC/C=C\C/C=C\C/C=C\CCCCCCCC(=O)OCC(COC1OC(C(=O)O)C(O)C(O)C1OC(=O)CCCCCCC/C=C\C/C=C\CCC)OC(=O)CCCCCCCCCCCCCCCCC. The minimum atomic E-state index is -1.91. The monoisotopic (exact) mass is 1030 g/mol. The fourth-order valence-corrected chi connectivity index (χ4v) is 8.60. The molecule has 6 atom stereocenters. The second kappa shape index (κ2) is 49.3. The number of ether oxygens (including phenoxy) is 5. The van der Waals surface area contributed by atoms with Crippen molar-refractivity contribution in [3.8, 4) is 0 Å². The Labute approximate surface area is 443 Å². The van der Waals surface area contributed by atoms with Gasteiger partial charge in [0.2, 0.25) is 0 Å². The number of aliphatic hydroxyl groups is 2. The predicted molar refractivity (Wildman–Crippen MR) is 294 cm³/mol. The van der Waals surface area contributed by atoms with E-state index in [0.29, 0.717) is 19.3 Å². The quantitative estimate of drug-likeness (QED) is 0.0228. The Hall–Kier alpha value is -3.58. The van der Waals surface area contributed by atoms with Gasteiger partial charge in [0, 0.05) is 19.3 Å². The van der Waals surface area contributed by atoms with E-state index in [4.69, 9.17) is 23.7 Å². The van der Waals surface area contributed by atoms with Crippen molar-refractivity contribution in [1.29, 1.82) is 0 Å². The third-order valence-electron chi connectivity index (χ3n) is 13.1. The molecule has 0 saturated carbocycles. The minimum Gasteiger partial charge on any atom is -0.479 e. The van der Waals surface area contributed by atoms with E-state index in [0.717, 1.165) is 122 Å². The van der Waals surface area contributed by atoms with Gasteiger partial charge < -0.3 is 39.0 Å². The lowest BCUT2D eigenvalue weighted by Crippen LogP contribution is -2.61. The predicted octanol–water partition coefficient (Wildman–Crippen LogP) is 14.8. The number of unbranched alkanes of at least 4 members (excludes halogenated alkanes) is 25. The standard InChI is InChI=1S/C61H104O12/c1-4-7-10-13-16-19-22-25-27-30-32-35-38-41-44-47-53(62)69-50-52(71-54(63)48-45-42-39-36-34-31-28-26-23-20-17-14-11-8-5-2)51-70-61-59(57(66)56(65)58(73-61)60(67)68)72-55(64)49-46-43-40-37-33-29-24-21-18-15-12-9-6-3/h7,10,12,15-16,19,21,24-25,27,52,56-59,61,65-66H,4-6,8-9,11,13-14,17-18,20,22-23,26,28-51H2,1-3H3,(H,67,68)/b10-7-,15-12-,19-16-,24-21-,27-25-. The van der Waals surface area contributed by atoms with E-state index in [-0.39, 0.29) is 25.9 Å². The molecule has 1 fully saturated rings. The van der Waals surface area contributed by atoms with Gasteiger partial charge in [0.15, 0.2) is 24.6 Å². The van der Waals surface area contributed by atoms with Gasteiger partial charge in [-0.15, -0.1) is 0 Å². The number of carbonyl (C=O) groups excluding carboxylic acids is 3. The first-order valence-electron chi connectivity index (χ1n) is 29.3. The lowest BCUT2D eigenvalue weighted by molar-refractivity contribution is -0.301. The van der Waals surface area contributed by atoms with E-state index >= 15 is 0 Å². The van der Waals surface area contributed by atoms with Crippen LogP contribution in [0.2, 0.25) is 0 Å². The van der Waals surface area contributed by atoms with Gasteiger partial charge in [-0.25, -0.2) is 4.79 Å². The molecular weight excluding hydrogens is 925 g/mol. The van der Waals surface area contributed by atoms with Gasteiger partial charge in [0.25, 0.3) is 0 Å². The summed E-state index contributed by atoms with van der Waals surface area (Å²) in [5.41, 5.74) is 0. The Morgan fingerprint density at radius 2 is 0.890 bits per heavy atom. The first-order chi connectivity index (χ1) is 35.6. The van der Waals surface area contributed by atoms with Gasteiger partial charge in [-0.1, -0.05) is 216 Å². The van der Waals surface area contributed by atoms with Crippen LogP contribution in [0.1, 0.15) is 252 Å². The second-order valence-electron chi connectivity index (χ2n) is 19.9. The lowest BCUT2D eigenvalue weighted by Gasteiger charge is -2.40. The molecule has 1 aliphatic rings. The normalized spacial score (nSPS) is 18.7. The van der Waals surface area contributed by atoms with Crippen molar-refractivity contribution in [3.05, 3.63) is 60.8 Å². The molecule has 0 aliphatic carbocycles. The summed E-state index contributed by atoms with van der Waals surface area (Å²) in [5, 5.41) is 31.4. The van der Waals surface area contributed by atoms with Crippen molar-refractivity contribution < 1.29 is 58.2 Å². The van der Waals surface area contributed by atoms with Crippen LogP contribution in [0.15, 0.2) is 60.8 Å². The van der Waals surface area contributed by atoms with Crippen LogP contribution in [0.5, 0.6) is 0 Å². The Balaban J connectivity index is 2.71. The van der Waals surface area contributed by atoms with Crippen LogP contribution >= 0.6 is 0 Å². The number of aliphatic carboxylic acids is 1. The van der Waals surface area contributed by atoms with Gasteiger partial charge in [0.1, 0.15) is 18.8 Å². The zero-order valence-electron chi connectivity index (χ0n) is 46.1. The molecule has 420 valence electrons. The minimum absolute atomic E-state index is 0.0427. The van der Waals surface area contributed by atoms with Crippen molar-refractivity contribution in [2.45, 2.75) is 289 Å². The fraction of sp³-hybridized carbons (Fsp3) is 0.770. The van der Waals surface area contributed by atoms with E-state index in [1.807, 2.05) is 0 Å². The summed E-state index contributed by atoms with van der Waals surface area (Å²) in [6.07, 6.45) is 47.6. The van der Waals surface area contributed by atoms with Crippen molar-refractivity contribution in [1.82, 2.24) is 0 Å². The molecule has 12 heteroatoms. The molecule has 0 aromatic rings. The van der Waals surface area contributed by atoms with Crippen LogP contribution in [0, 0.1) is 0 Å². The van der Waals surface area contributed by atoms with E-state index in [9.17, 15) is 34.5 Å². The third kappa shape index (κ3) is 39.5. The van der Waals surface area contributed by atoms with Crippen LogP contribution < -0.4 is 0 Å². The maximum Gasteiger partial charge on any atom is 0.335 e. The molecule has 3 N–H and O–H groups in total. The zero-order valence-corrected chi connectivity index (χ0v) is 46.1. The molecule has 6 unspecified atom stereocenters. The highest BCUT2D eigenvalue weighted by Crippen LogP contribution is 2.26. The number of rotatable bonds is 49. The maximum atomic E-state index is 13.1. The Bertz CT molecular complexity index is 1500. The van der Waals surface area contributed by atoms with Crippen molar-refractivity contribution >= 4 is 23.9 Å². The number of esters is 3. The van der Waals surface area contributed by atoms with Crippen LogP contribution in [0.3, 0.4) is 0 Å². The molecule has 0 bridgehead atoms. The fourth-order valence-electron chi connectivity index (χ4n) is 8.60. The largest absolute Gasteiger partial charge is 0.479 e. The number of aliphatic hydroxyl groups excluding tert-OH is 2. The van der Waals surface area contributed by atoms with Crippen LogP contribution in [0.4, 0.5) is 0 Å². The molecule has 1 rings (SSSR count). The summed E-state index contributed by atoms with van der Waals surface area (Å²) in [6.45, 7) is 5.80. The molecule has 0 radical (unpaired) electrons. The van der Waals surface area contributed by atoms with E-state index in [2.05, 4.69) is 81.5 Å². The molecule has 1 aliphatic heterocycles. The van der Waals surface area contributed by atoms with Crippen LogP contribution in [0.25, 0.3) is 0 Å². The highest BCUT2D eigenvalue weighted by Gasteiger charge is 2.50. The van der Waals surface area contributed by atoms with Gasteiger partial charge in [-0.2, -0.15) is 0 Å². The van der Waals surface area contributed by atoms with Crippen molar-refractivity contribution in [3.63, 3.8) is 0 Å².